The summed E-state index contributed by atoms with van der Waals surface area (Å²) < 4.78 is 0. The Balaban J connectivity index is 2.05. The summed E-state index contributed by atoms with van der Waals surface area (Å²) >= 11 is 0. The van der Waals surface area contributed by atoms with E-state index in [0.717, 1.165) is 31.1 Å². The highest BCUT2D eigenvalue weighted by molar-refractivity contribution is 5.83. The van der Waals surface area contributed by atoms with Crippen LogP contribution in [0.4, 0.5) is 0 Å². The molecule has 3 rings (SSSR count). The Morgan fingerprint density at radius 3 is 2.45 bits per heavy atom. The van der Waals surface area contributed by atoms with Crippen molar-refractivity contribution >= 4 is 12.4 Å². The number of fused-ring (bicyclic) bond motifs is 1. The summed E-state index contributed by atoms with van der Waals surface area (Å²) in [5.74, 6) is 0. The Kier molecular flexibility index (Phi) is 3.51. The fourth-order valence-electron chi connectivity index (χ4n) is 2.73. The van der Waals surface area contributed by atoms with E-state index in [1.54, 1.807) is 0 Å². The first-order valence-electron chi connectivity index (χ1n) is 7.12. The van der Waals surface area contributed by atoms with E-state index in [1.165, 1.54) is 27.8 Å². The second-order valence-corrected chi connectivity index (χ2v) is 5.47. The molecule has 0 aliphatic heterocycles. The van der Waals surface area contributed by atoms with Crippen LogP contribution in [-0.4, -0.2) is 6.29 Å². The van der Waals surface area contributed by atoms with E-state index in [9.17, 15) is 4.79 Å². The largest absolute Gasteiger partial charge is 0.298 e. The Labute approximate surface area is 120 Å². The van der Waals surface area contributed by atoms with E-state index in [-0.39, 0.29) is 0 Å². The monoisotopic (exact) mass is 262 g/mol. The lowest BCUT2D eigenvalue weighted by molar-refractivity contribution is -0.105. The van der Waals surface area contributed by atoms with Gasteiger partial charge in [0.1, 0.15) is 6.29 Å². The molecule has 20 heavy (non-hydrogen) atoms. The maximum atomic E-state index is 11.0. The van der Waals surface area contributed by atoms with Crippen LogP contribution in [0.1, 0.15) is 29.5 Å². The zero-order valence-electron chi connectivity index (χ0n) is 11.7. The van der Waals surface area contributed by atoms with Crippen LogP contribution in [0.25, 0.3) is 17.2 Å². The van der Waals surface area contributed by atoms with Gasteiger partial charge in [-0.05, 0) is 66.2 Å². The van der Waals surface area contributed by atoms with Crippen LogP contribution in [0.3, 0.4) is 0 Å². The Morgan fingerprint density at radius 2 is 1.70 bits per heavy atom. The zero-order valence-corrected chi connectivity index (χ0v) is 11.7. The molecule has 0 atom stereocenters. The Bertz CT molecular complexity index is 663. The second kappa shape index (κ2) is 5.46. The van der Waals surface area contributed by atoms with Crippen molar-refractivity contribution in [2.75, 3.05) is 0 Å². The van der Waals surface area contributed by atoms with Crippen molar-refractivity contribution in [2.24, 2.45) is 0 Å². The summed E-state index contributed by atoms with van der Waals surface area (Å²) in [7, 11) is 0. The third-order valence-electron chi connectivity index (χ3n) is 3.93. The molecule has 2 aromatic rings. The summed E-state index contributed by atoms with van der Waals surface area (Å²) in [6.07, 6.45) is 6.04. The Hall–Kier alpha value is -2.15. The lowest BCUT2D eigenvalue weighted by Crippen LogP contribution is -1.88. The molecular formula is C19H18O. The molecule has 0 fully saturated rings. The summed E-state index contributed by atoms with van der Waals surface area (Å²) in [4.78, 5) is 11.0. The summed E-state index contributed by atoms with van der Waals surface area (Å²) in [6.45, 7) is 2.10. The van der Waals surface area contributed by atoms with E-state index in [4.69, 9.17) is 0 Å². The van der Waals surface area contributed by atoms with E-state index in [2.05, 4.69) is 49.4 Å². The number of hydrogen-bond donors (Lipinski definition) is 0. The fraction of sp³-hybridized carbons (Fsp3) is 0.211. The van der Waals surface area contributed by atoms with Gasteiger partial charge in [-0.2, -0.15) is 0 Å². The summed E-state index contributed by atoms with van der Waals surface area (Å²) in [6, 6.07) is 15.2. The first kappa shape index (κ1) is 12.9. The summed E-state index contributed by atoms with van der Waals surface area (Å²) in [5.41, 5.74) is 7.16. The van der Waals surface area contributed by atoms with Gasteiger partial charge in [0.05, 0.1) is 0 Å². The van der Waals surface area contributed by atoms with Crippen LogP contribution in [0.15, 0.2) is 48.0 Å². The molecule has 0 saturated heterocycles. The third-order valence-corrected chi connectivity index (χ3v) is 3.93. The maximum absolute atomic E-state index is 11.0. The molecule has 1 aliphatic carbocycles. The number of allylic oxidation sites excluding steroid dienone is 1. The van der Waals surface area contributed by atoms with E-state index in [0.29, 0.717) is 0 Å². The standard InChI is InChI=1S/C19H18O/c1-14-5-7-17(8-6-14)18-10-9-16-4-2-3-15(13-20)11-19(16)12-18/h5-13H,2-4H2,1H3. The molecule has 2 aromatic carbocycles. The smallest absolute Gasteiger partial charge is 0.146 e. The van der Waals surface area contributed by atoms with Gasteiger partial charge in [-0.3, -0.25) is 4.79 Å². The molecule has 0 heterocycles. The lowest BCUT2D eigenvalue weighted by Gasteiger charge is -2.08. The highest BCUT2D eigenvalue weighted by Gasteiger charge is 2.09. The number of carbonyl (C=O) groups excluding carboxylic acids is 1. The molecule has 1 nitrogen and oxygen atoms in total. The minimum absolute atomic E-state index is 0.887. The molecule has 0 radical (unpaired) electrons. The summed E-state index contributed by atoms with van der Waals surface area (Å²) in [5, 5.41) is 0. The number of aryl methyl sites for hydroxylation is 2. The third kappa shape index (κ3) is 2.57. The molecule has 0 N–H and O–H groups in total. The average molecular weight is 262 g/mol. The van der Waals surface area contributed by atoms with Gasteiger partial charge in [-0.1, -0.05) is 42.0 Å². The van der Waals surface area contributed by atoms with Crippen molar-refractivity contribution in [1.29, 1.82) is 0 Å². The van der Waals surface area contributed by atoms with E-state index in [1.807, 2.05) is 6.08 Å². The van der Waals surface area contributed by atoms with Crippen molar-refractivity contribution in [1.82, 2.24) is 0 Å². The minimum atomic E-state index is 0.887. The van der Waals surface area contributed by atoms with Gasteiger partial charge in [-0.15, -0.1) is 0 Å². The maximum Gasteiger partial charge on any atom is 0.146 e. The van der Waals surface area contributed by atoms with Gasteiger partial charge < -0.3 is 0 Å². The van der Waals surface area contributed by atoms with Gasteiger partial charge in [0.25, 0.3) is 0 Å². The normalized spacial score (nSPS) is 14.2. The predicted molar refractivity (Wildman–Crippen MR) is 83.6 cm³/mol. The molecule has 0 amide bonds. The molecule has 0 saturated carbocycles. The molecule has 1 aliphatic rings. The topological polar surface area (TPSA) is 17.1 Å². The van der Waals surface area contributed by atoms with E-state index >= 15 is 0 Å². The number of carbonyl (C=O) groups is 1. The first-order chi connectivity index (χ1) is 9.76. The quantitative estimate of drug-likeness (QED) is 0.724. The minimum Gasteiger partial charge on any atom is -0.298 e. The highest BCUT2D eigenvalue weighted by Crippen LogP contribution is 2.28. The fourth-order valence-corrected chi connectivity index (χ4v) is 2.73. The number of hydrogen-bond acceptors (Lipinski definition) is 1. The lowest BCUT2D eigenvalue weighted by atomic mass is 9.97. The van der Waals surface area contributed by atoms with Crippen LogP contribution in [-0.2, 0) is 11.2 Å². The number of rotatable bonds is 2. The zero-order chi connectivity index (χ0) is 13.9. The molecule has 0 spiro atoms. The predicted octanol–water partition coefficient (Wildman–Crippen LogP) is 4.58. The molecule has 0 aromatic heterocycles. The van der Waals surface area contributed by atoms with Gasteiger partial charge in [0, 0.05) is 0 Å². The van der Waals surface area contributed by atoms with Crippen molar-refractivity contribution < 1.29 is 4.79 Å². The highest BCUT2D eigenvalue weighted by atomic mass is 16.1. The van der Waals surface area contributed by atoms with Crippen molar-refractivity contribution in [2.45, 2.75) is 26.2 Å². The van der Waals surface area contributed by atoms with E-state index < -0.39 is 0 Å². The van der Waals surface area contributed by atoms with Crippen LogP contribution < -0.4 is 0 Å². The Morgan fingerprint density at radius 1 is 0.950 bits per heavy atom. The van der Waals surface area contributed by atoms with Gasteiger partial charge in [0.15, 0.2) is 0 Å². The van der Waals surface area contributed by atoms with Crippen molar-refractivity contribution in [3.8, 4) is 11.1 Å². The van der Waals surface area contributed by atoms with Crippen molar-refractivity contribution in [3.05, 3.63) is 64.7 Å². The SMILES string of the molecule is Cc1ccc(-c2ccc3c(c2)C=C(C=O)CCC3)cc1. The number of aldehydes is 1. The molecular weight excluding hydrogens is 244 g/mol. The van der Waals surface area contributed by atoms with Crippen LogP contribution in [0.2, 0.25) is 0 Å². The van der Waals surface area contributed by atoms with Crippen LogP contribution in [0, 0.1) is 6.92 Å². The van der Waals surface area contributed by atoms with Gasteiger partial charge in [0.2, 0.25) is 0 Å². The van der Waals surface area contributed by atoms with Gasteiger partial charge in [-0.25, -0.2) is 0 Å². The molecule has 100 valence electrons. The second-order valence-electron chi connectivity index (χ2n) is 5.47. The molecule has 1 heteroatoms. The average Bonchev–Trinajstić information content (AvgIpc) is 2.69. The van der Waals surface area contributed by atoms with Crippen LogP contribution >= 0.6 is 0 Å². The first-order valence-corrected chi connectivity index (χ1v) is 7.12. The molecule has 0 unspecified atom stereocenters. The number of benzene rings is 2. The van der Waals surface area contributed by atoms with Gasteiger partial charge >= 0.3 is 0 Å². The van der Waals surface area contributed by atoms with Crippen LogP contribution in [0.5, 0.6) is 0 Å². The van der Waals surface area contributed by atoms with Crippen molar-refractivity contribution in [3.63, 3.8) is 0 Å². The molecule has 0 bridgehead atoms.